The number of nitrogens with zero attached hydrogens (tertiary/aromatic N) is 2. The van der Waals surface area contributed by atoms with E-state index in [4.69, 9.17) is 0 Å². The zero-order valence-corrected chi connectivity index (χ0v) is 17.3. The van der Waals surface area contributed by atoms with Gasteiger partial charge in [0.2, 0.25) is 0 Å². The quantitative estimate of drug-likeness (QED) is 0.462. The van der Waals surface area contributed by atoms with Gasteiger partial charge in [0.1, 0.15) is 4.83 Å². The number of para-hydroxylation sites is 1. The number of benzene rings is 1. The molecule has 5 rings (SSSR count). The second-order valence-electron chi connectivity index (χ2n) is 7.51. The van der Waals surface area contributed by atoms with Crippen molar-refractivity contribution >= 4 is 27.2 Å². The largest absolute Gasteiger partial charge is 0.356 e. The Hall–Kier alpha value is -1.74. The van der Waals surface area contributed by atoms with Crippen LogP contribution in [0.4, 0.5) is 5.69 Å². The molecule has 26 heavy (non-hydrogen) atoms. The average Bonchev–Trinajstić information content (AvgIpc) is 3.30. The van der Waals surface area contributed by atoms with Crippen LogP contribution in [0.25, 0.3) is 10.2 Å². The summed E-state index contributed by atoms with van der Waals surface area (Å²) in [6.07, 6.45) is 8.93. The van der Waals surface area contributed by atoms with Gasteiger partial charge in [0, 0.05) is 34.8 Å². The molecule has 1 fully saturated rings. The topological polar surface area (TPSA) is 8.17 Å². The third-order valence-electron chi connectivity index (χ3n) is 6.15. The normalized spacial score (nSPS) is 18.1. The molecule has 0 unspecified atom stereocenters. The van der Waals surface area contributed by atoms with Crippen LogP contribution in [0.15, 0.2) is 36.5 Å². The van der Waals surface area contributed by atoms with Crippen LogP contribution >= 0.6 is 11.3 Å². The monoisotopic (exact) mass is 366 g/mol. The lowest BCUT2D eigenvalue weighted by molar-refractivity contribution is 0.295. The van der Waals surface area contributed by atoms with Gasteiger partial charge in [-0.25, -0.2) is 0 Å². The van der Waals surface area contributed by atoms with Crippen LogP contribution in [-0.4, -0.2) is 4.57 Å². The van der Waals surface area contributed by atoms with E-state index in [9.17, 15) is 0 Å². The van der Waals surface area contributed by atoms with E-state index in [1.165, 1.54) is 53.6 Å². The molecule has 0 saturated heterocycles. The predicted molar refractivity (Wildman–Crippen MR) is 114 cm³/mol. The number of fused-ring (bicyclic) bond motifs is 4. The van der Waals surface area contributed by atoms with Crippen LogP contribution in [-0.2, 0) is 19.1 Å². The zero-order valence-electron chi connectivity index (χ0n) is 16.5. The van der Waals surface area contributed by atoms with E-state index in [1.54, 1.807) is 10.4 Å². The summed E-state index contributed by atoms with van der Waals surface area (Å²) in [5.41, 5.74) is 4.72. The van der Waals surface area contributed by atoms with Crippen molar-refractivity contribution in [2.24, 2.45) is 7.05 Å². The SMILES string of the molecule is CC.Cc1ccccc1N1Cc2sc3c(ccn3C)c2C12CCCCC2. The van der Waals surface area contributed by atoms with Crippen LogP contribution < -0.4 is 4.90 Å². The minimum Gasteiger partial charge on any atom is -0.356 e. The first kappa shape index (κ1) is 17.7. The minimum absolute atomic E-state index is 0.222. The van der Waals surface area contributed by atoms with E-state index in [0.29, 0.717) is 0 Å². The Morgan fingerprint density at radius 1 is 1.00 bits per heavy atom. The highest BCUT2D eigenvalue weighted by Gasteiger charge is 2.48. The fourth-order valence-corrected chi connectivity index (χ4v) is 6.35. The van der Waals surface area contributed by atoms with E-state index in [0.717, 1.165) is 6.54 Å². The van der Waals surface area contributed by atoms with Gasteiger partial charge in [-0.15, -0.1) is 11.3 Å². The molecular weight excluding hydrogens is 336 g/mol. The number of hydrogen-bond donors (Lipinski definition) is 0. The molecule has 3 heteroatoms. The first-order valence-electron chi connectivity index (χ1n) is 10.1. The number of aryl methyl sites for hydroxylation is 2. The Kier molecular flexibility index (Phi) is 4.60. The maximum absolute atomic E-state index is 2.75. The van der Waals surface area contributed by atoms with E-state index >= 15 is 0 Å². The predicted octanol–water partition coefficient (Wildman–Crippen LogP) is 6.75. The Morgan fingerprint density at radius 2 is 1.73 bits per heavy atom. The summed E-state index contributed by atoms with van der Waals surface area (Å²) in [5.74, 6) is 0. The van der Waals surface area contributed by atoms with Gasteiger partial charge in [-0.2, -0.15) is 0 Å². The molecule has 1 aliphatic carbocycles. The number of thiophene rings is 1. The molecule has 2 nitrogen and oxygen atoms in total. The van der Waals surface area contributed by atoms with Crippen molar-refractivity contribution in [2.75, 3.05) is 4.90 Å². The van der Waals surface area contributed by atoms with E-state index < -0.39 is 0 Å². The molecule has 2 aliphatic rings. The molecule has 0 radical (unpaired) electrons. The Balaban J connectivity index is 0.000000814. The summed E-state index contributed by atoms with van der Waals surface area (Å²) < 4.78 is 2.30. The number of aromatic nitrogens is 1. The lowest BCUT2D eigenvalue weighted by Gasteiger charge is -2.44. The third-order valence-corrected chi connectivity index (χ3v) is 7.44. The minimum atomic E-state index is 0.222. The van der Waals surface area contributed by atoms with Gasteiger partial charge in [0.15, 0.2) is 0 Å². The van der Waals surface area contributed by atoms with Crippen LogP contribution in [0.3, 0.4) is 0 Å². The molecule has 0 atom stereocenters. The highest BCUT2D eigenvalue weighted by atomic mass is 32.1. The molecule has 0 N–H and O–H groups in total. The molecule has 2 aromatic heterocycles. The van der Waals surface area contributed by atoms with Crippen LogP contribution in [0.5, 0.6) is 0 Å². The van der Waals surface area contributed by atoms with Crippen molar-refractivity contribution < 1.29 is 0 Å². The summed E-state index contributed by atoms with van der Waals surface area (Å²) in [6.45, 7) is 7.34. The standard InChI is InChI=1S/C21H24N2S.C2H6/c1-15-8-4-5-9-17(15)23-14-18-19(21(23)11-6-3-7-12-21)16-10-13-22(2)20(16)24-18;1-2/h4-5,8-10,13H,3,6-7,11-12,14H2,1-2H3;1-2H3. The maximum atomic E-state index is 2.75. The summed E-state index contributed by atoms with van der Waals surface area (Å²) >= 11 is 2.01. The molecule has 0 amide bonds. The van der Waals surface area contributed by atoms with Gasteiger partial charge in [0.25, 0.3) is 0 Å². The molecule has 1 aromatic carbocycles. The maximum Gasteiger partial charge on any atom is 0.103 e. The Labute approximate surface area is 161 Å². The van der Waals surface area contributed by atoms with Gasteiger partial charge < -0.3 is 9.47 Å². The lowest BCUT2D eigenvalue weighted by Crippen LogP contribution is -2.43. The molecule has 0 bridgehead atoms. The number of hydrogen-bond acceptors (Lipinski definition) is 2. The smallest absolute Gasteiger partial charge is 0.103 e. The van der Waals surface area contributed by atoms with Crippen LogP contribution in [0.2, 0.25) is 0 Å². The molecule has 1 saturated carbocycles. The lowest BCUT2D eigenvalue weighted by atomic mass is 9.76. The summed E-state index contributed by atoms with van der Waals surface area (Å²) in [6, 6.07) is 11.3. The second kappa shape index (κ2) is 6.77. The number of anilines is 1. The van der Waals surface area contributed by atoms with Crippen LogP contribution in [0.1, 0.15) is 62.0 Å². The second-order valence-corrected chi connectivity index (χ2v) is 8.59. The fourth-order valence-electron chi connectivity index (χ4n) is 5.04. The first-order chi connectivity index (χ1) is 12.7. The van der Waals surface area contributed by atoms with Crippen molar-refractivity contribution in [3.63, 3.8) is 0 Å². The zero-order chi connectivity index (χ0) is 18.3. The highest BCUT2D eigenvalue weighted by Crippen LogP contribution is 2.55. The third kappa shape index (κ3) is 2.44. The fraction of sp³-hybridized carbons (Fsp3) is 0.478. The van der Waals surface area contributed by atoms with Gasteiger partial charge in [-0.1, -0.05) is 51.3 Å². The van der Waals surface area contributed by atoms with Gasteiger partial charge in [-0.3, -0.25) is 0 Å². The summed E-state index contributed by atoms with van der Waals surface area (Å²) in [4.78, 5) is 5.80. The number of rotatable bonds is 1. The Bertz CT molecular complexity index is 912. The summed E-state index contributed by atoms with van der Waals surface area (Å²) in [5, 5.41) is 1.51. The Morgan fingerprint density at radius 3 is 2.46 bits per heavy atom. The highest BCUT2D eigenvalue weighted by molar-refractivity contribution is 7.19. The molecular formula is C23H30N2S. The first-order valence-corrected chi connectivity index (χ1v) is 10.9. The molecule has 1 aliphatic heterocycles. The van der Waals surface area contributed by atoms with Crippen molar-refractivity contribution in [1.82, 2.24) is 4.57 Å². The van der Waals surface area contributed by atoms with Gasteiger partial charge in [0.05, 0.1) is 12.1 Å². The summed E-state index contributed by atoms with van der Waals surface area (Å²) in [7, 11) is 2.18. The van der Waals surface area contributed by atoms with Gasteiger partial charge in [-0.05, 0) is 37.5 Å². The van der Waals surface area contributed by atoms with Crippen molar-refractivity contribution in [3.05, 3.63) is 52.5 Å². The molecule has 1 spiro atoms. The van der Waals surface area contributed by atoms with E-state index in [2.05, 4.69) is 60.0 Å². The van der Waals surface area contributed by atoms with Crippen molar-refractivity contribution in [2.45, 2.75) is 65.0 Å². The molecule has 138 valence electrons. The van der Waals surface area contributed by atoms with Gasteiger partial charge >= 0.3 is 0 Å². The van der Waals surface area contributed by atoms with Crippen molar-refractivity contribution in [3.8, 4) is 0 Å². The van der Waals surface area contributed by atoms with E-state index in [1.807, 2.05) is 25.2 Å². The average molecular weight is 367 g/mol. The van der Waals surface area contributed by atoms with E-state index in [-0.39, 0.29) is 5.54 Å². The molecule has 3 heterocycles. The molecule has 3 aromatic rings. The van der Waals surface area contributed by atoms with Crippen molar-refractivity contribution in [1.29, 1.82) is 0 Å². The van der Waals surface area contributed by atoms with Crippen LogP contribution in [0, 0.1) is 6.92 Å².